The number of hydrogen-bond donors (Lipinski definition) is 0. The lowest BCUT2D eigenvalue weighted by Gasteiger charge is -2.32. The molecule has 4 unspecified atom stereocenters. The van der Waals surface area contributed by atoms with Gasteiger partial charge in [-0.05, 0) is 77.8 Å². The molecule has 2 nitrogen and oxygen atoms in total. The third-order valence-electron chi connectivity index (χ3n) is 10.5. The van der Waals surface area contributed by atoms with E-state index in [4.69, 9.17) is 0 Å². The van der Waals surface area contributed by atoms with Crippen LogP contribution in [-0.4, -0.2) is 12.6 Å². The minimum atomic E-state index is 0.0623. The van der Waals surface area contributed by atoms with Crippen LogP contribution in [0.2, 0.25) is 0 Å². The van der Waals surface area contributed by atoms with Gasteiger partial charge in [0.15, 0.2) is 0 Å². The van der Waals surface area contributed by atoms with E-state index >= 15 is 0 Å². The summed E-state index contributed by atoms with van der Waals surface area (Å²) >= 11 is 0. The summed E-state index contributed by atoms with van der Waals surface area (Å²) in [6.07, 6.45) is 18.1. The first-order valence-electron chi connectivity index (χ1n) is 15.3. The van der Waals surface area contributed by atoms with Crippen molar-refractivity contribution in [3.63, 3.8) is 0 Å². The molecule has 0 radical (unpaired) electrons. The minimum Gasteiger partial charge on any atom is -0.344 e. The normalized spacial score (nSPS) is 27.6. The molecule has 0 bridgehead atoms. The van der Waals surface area contributed by atoms with Crippen LogP contribution in [0.25, 0.3) is 16.7 Å². The van der Waals surface area contributed by atoms with Gasteiger partial charge in [-0.15, -0.1) is 0 Å². The summed E-state index contributed by atoms with van der Waals surface area (Å²) in [6, 6.07) is 37.7. The molecule has 0 aromatic heterocycles. The van der Waals surface area contributed by atoms with Gasteiger partial charge in [0.05, 0.1) is 5.54 Å². The molecule has 4 atom stereocenters. The van der Waals surface area contributed by atoms with Gasteiger partial charge in [-0.25, -0.2) is 0 Å². The number of benzene rings is 4. The number of hydrogen-bond acceptors (Lipinski definition) is 2. The fourth-order valence-electron chi connectivity index (χ4n) is 8.19. The molecule has 2 saturated carbocycles. The Bertz CT molecular complexity index is 1840. The monoisotopic (exact) mass is 542 g/mol. The van der Waals surface area contributed by atoms with Crippen LogP contribution in [0.3, 0.4) is 0 Å². The third-order valence-corrected chi connectivity index (χ3v) is 10.5. The average molecular weight is 543 g/mol. The zero-order chi connectivity index (χ0) is 27.9. The summed E-state index contributed by atoms with van der Waals surface area (Å²) in [5, 5.41) is 0. The van der Waals surface area contributed by atoms with E-state index in [1.807, 2.05) is 0 Å². The Morgan fingerprint density at radius 3 is 2.43 bits per heavy atom. The maximum Gasteiger partial charge on any atom is 0.0701 e. The summed E-state index contributed by atoms with van der Waals surface area (Å²) in [6.45, 7) is 0. The first kappa shape index (κ1) is 24.1. The van der Waals surface area contributed by atoms with E-state index in [-0.39, 0.29) is 11.0 Å². The van der Waals surface area contributed by atoms with E-state index in [1.54, 1.807) is 5.56 Å². The van der Waals surface area contributed by atoms with Gasteiger partial charge in [0.1, 0.15) is 0 Å². The molecule has 0 saturated heterocycles. The molecule has 4 aliphatic carbocycles. The fourth-order valence-corrected chi connectivity index (χ4v) is 8.19. The molecule has 0 N–H and O–H groups in total. The molecule has 42 heavy (non-hydrogen) atoms. The second-order valence-corrected chi connectivity index (χ2v) is 12.7. The zero-order valence-electron chi connectivity index (χ0n) is 23.9. The van der Waals surface area contributed by atoms with Gasteiger partial charge >= 0.3 is 0 Å². The first-order chi connectivity index (χ1) is 20.7. The standard InChI is InChI=1S/C40H34N2/c1-41(36-17-7-5-15-34(36)29-11-3-2-4-12-29)33-22-20-28(21-23-33)30-13-10-24-39(26-32(39)25-30)42-37-18-8-6-16-35(37)40-27-31(40)14-9-19-38(40)42/h2-12,14-25,31-32H,13,26-27H2,1H3. The molecule has 204 valence electrons. The molecular weight excluding hydrogens is 508 g/mol. The Morgan fingerprint density at radius 2 is 1.55 bits per heavy atom. The number of allylic oxidation sites excluding steroid dienone is 6. The maximum absolute atomic E-state index is 2.73. The van der Waals surface area contributed by atoms with Gasteiger partial charge < -0.3 is 9.80 Å². The van der Waals surface area contributed by atoms with E-state index in [0.717, 1.165) is 6.42 Å². The lowest BCUT2D eigenvalue weighted by atomic mass is 9.90. The van der Waals surface area contributed by atoms with Crippen molar-refractivity contribution in [3.05, 3.63) is 156 Å². The first-order valence-corrected chi connectivity index (χ1v) is 15.3. The second-order valence-electron chi connectivity index (χ2n) is 12.7. The lowest BCUT2D eigenvalue weighted by molar-refractivity contribution is 0.682. The van der Waals surface area contributed by atoms with Gasteiger partial charge in [0.25, 0.3) is 0 Å². The van der Waals surface area contributed by atoms with Crippen LogP contribution in [0.15, 0.2) is 145 Å². The highest BCUT2D eigenvalue weighted by atomic mass is 15.3. The highest BCUT2D eigenvalue weighted by Crippen LogP contribution is 2.71. The van der Waals surface area contributed by atoms with Crippen LogP contribution >= 0.6 is 0 Å². The van der Waals surface area contributed by atoms with Crippen molar-refractivity contribution in [2.24, 2.45) is 11.8 Å². The molecule has 1 spiro atoms. The number of rotatable bonds is 5. The summed E-state index contributed by atoms with van der Waals surface area (Å²) in [5.74, 6) is 1.19. The van der Waals surface area contributed by atoms with Crippen molar-refractivity contribution < 1.29 is 0 Å². The Balaban J connectivity index is 1.01. The number of para-hydroxylation sites is 2. The highest BCUT2D eigenvalue weighted by molar-refractivity contribution is 5.83. The van der Waals surface area contributed by atoms with E-state index in [9.17, 15) is 0 Å². The zero-order valence-corrected chi connectivity index (χ0v) is 23.9. The Kier molecular flexibility index (Phi) is 5.00. The summed E-state index contributed by atoms with van der Waals surface area (Å²) in [7, 11) is 2.17. The minimum absolute atomic E-state index is 0.0623. The van der Waals surface area contributed by atoms with Gasteiger partial charge in [0, 0.05) is 46.7 Å². The number of nitrogens with zero attached hydrogens (tertiary/aromatic N) is 2. The van der Waals surface area contributed by atoms with Crippen LogP contribution < -0.4 is 9.80 Å². The highest BCUT2D eigenvalue weighted by Gasteiger charge is 2.69. The fraction of sp³-hybridized carbons (Fsp3) is 0.200. The van der Waals surface area contributed by atoms with Crippen molar-refractivity contribution >= 4 is 22.6 Å². The van der Waals surface area contributed by atoms with Crippen molar-refractivity contribution in [2.45, 2.75) is 30.2 Å². The lowest BCUT2D eigenvalue weighted by Crippen LogP contribution is -2.36. The molecule has 1 heterocycles. The van der Waals surface area contributed by atoms with E-state index in [0.29, 0.717) is 11.8 Å². The topological polar surface area (TPSA) is 6.48 Å². The van der Waals surface area contributed by atoms with Crippen molar-refractivity contribution in [1.82, 2.24) is 0 Å². The van der Waals surface area contributed by atoms with E-state index < -0.39 is 0 Å². The predicted octanol–water partition coefficient (Wildman–Crippen LogP) is 9.46. The van der Waals surface area contributed by atoms with E-state index in [2.05, 4.69) is 156 Å². The van der Waals surface area contributed by atoms with Crippen LogP contribution in [0.1, 0.15) is 30.4 Å². The summed E-state index contributed by atoms with van der Waals surface area (Å²) < 4.78 is 0. The van der Waals surface area contributed by atoms with Crippen molar-refractivity contribution in [2.75, 3.05) is 16.8 Å². The maximum atomic E-state index is 2.73. The molecule has 9 rings (SSSR count). The SMILES string of the molecule is CN(c1ccc(C2=CC3CC3(N3C4=CC=CC5CC45c4ccccc43)C=CC2)cc1)c1ccccc1-c1ccccc1. The quantitative estimate of drug-likeness (QED) is 0.232. The molecule has 4 aromatic rings. The van der Waals surface area contributed by atoms with E-state index in [1.165, 1.54) is 57.9 Å². The van der Waals surface area contributed by atoms with Gasteiger partial charge in [-0.1, -0.05) is 109 Å². The van der Waals surface area contributed by atoms with Crippen LogP contribution in [-0.2, 0) is 5.41 Å². The van der Waals surface area contributed by atoms with Crippen molar-refractivity contribution in [3.8, 4) is 11.1 Å². The van der Waals surface area contributed by atoms with Gasteiger partial charge in [-0.3, -0.25) is 0 Å². The van der Waals surface area contributed by atoms with Crippen molar-refractivity contribution in [1.29, 1.82) is 0 Å². The van der Waals surface area contributed by atoms with Crippen LogP contribution in [0.5, 0.6) is 0 Å². The molecule has 0 amide bonds. The Labute approximate surface area is 248 Å². The van der Waals surface area contributed by atoms with Crippen LogP contribution in [0, 0.1) is 11.8 Å². The average Bonchev–Trinajstić information content (AvgIpc) is 3.94. The Morgan fingerprint density at radius 1 is 0.762 bits per heavy atom. The second kappa shape index (κ2) is 8.72. The largest absolute Gasteiger partial charge is 0.344 e. The number of fused-ring (bicyclic) bond motifs is 2. The predicted molar refractivity (Wildman–Crippen MR) is 175 cm³/mol. The summed E-state index contributed by atoms with van der Waals surface area (Å²) in [5.41, 5.74) is 12.5. The van der Waals surface area contributed by atoms with Gasteiger partial charge in [0.2, 0.25) is 0 Å². The molecule has 2 heteroatoms. The molecular formula is C40H34N2. The number of anilines is 3. The van der Waals surface area contributed by atoms with Gasteiger partial charge in [-0.2, -0.15) is 0 Å². The molecule has 1 aliphatic heterocycles. The molecule has 2 fully saturated rings. The smallest absolute Gasteiger partial charge is 0.0701 e. The van der Waals surface area contributed by atoms with Crippen LogP contribution in [0.4, 0.5) is 17.1 Å². The molecule has 5 aliphatic rings. The third kappa shape index (κ3) is 3.32. The Hall–Kier alpha value is -4.56. The summed E-state index contributed by atoms with van der Waals surface area (Å²) in [4.78, 5) is 5.03. The molecule has 4 aromatic carbocycles.